The van der Waals surface area contributed by atoms with Gasteiger partial charge in [0.25, 0.3) is 5.91 Å². The highest BCUT2D eigenvalue weighted by Gasteiger charge is 2.23. The van der Waals surface area contributed by atoms with Crippen LogP contribution in [-0.2, 0) is 0 Å². The highest BCUT2D eigenvalue weighted by Crippen LogP contribution is 2.33. The second kappa shape index (κ2) is 8.19. The van der Waals surface area contributed by atoms with Gasteiger partial charge in [-0.15, -0.1) is 0 Å². The third kappa shape index (κ3) is 3.83. The van der Waals surface area contributed by atoms with Crippen LogP contribution in [0.5, 0.6) is 0 Å². The van der Waals surface area contributed by atoms with Crippen LogP contribution in [0.15, 0.2) is 48.5 Å². The first-order chi connectivity index (χ1) is 13.3. The largest absolute Gasteiger partial charge is 0.321 e. The quantitative estimate of drug-likeness (QED) is 0.548. The molecule has 0 bridgehead atoms. The molecule has 1 aromatic heterocycles. The normalized spacial score (nSPS) is 11.3. The Morgan fingerprint density at radius 2 is 1.54 bits per heavy atom. The van der Waals surface area contributed by atoms with Crippen LogP contribution in [0.2, 0.25) is 5.15 Å². The van der Waals surface area contributed by atoms with Crippen molar-refractivity contribution in [1.29, 1.82) is 0 Å². The topological polar surface area (TPSA) is 46.9 Å². The van der Waals surface area contributed by atoms with Gasteiger partial charge < -0.3 is 5.32 Å². The molecule has 0 saturated carbocycles. The molecule has 0 fully saturated rings. The van der Waals surface area contributed by atoms with Gasteiger partial charge in [0.2, 0.25) is 0 Å². The zero-order valence-corrected chi connectivity index (χ0v) is 17.7. The molecule has 0 saturated heterocycles. The number of benzene rings is 2. The van der Waals surface area contributed by atoms with Crippen molar-refractivity contribution in [1.82, 2.24) is 9.78 Å². The molecule has 0 unspecified atom stereocenters. The Labute approximate surface area is 171 Å². The zero-order valence-electron chi connectivity index (χ0n) is 17.0. The molecule has 2 aromatic carbocycles. The van der Waals surface area contributed by atoms with E-state index in [2.05, 4.69) is 50.2 Å². The van der Waals surface area contributed by atoms with Gasteiger partial charge in [0, 0.05) is 5.69 Å². The number of aryl methyl sites for hydroxylation is 1. The number of aromatic nitrogens is 2. The number of carbonyl (C=O) groups is 1. The zero-order chi connectivity index (χ0) is 20.4. The van der Waals surface area contributed by atoms with Gasteiger partial charge in [0.1, 0.15) is 10.7 Å². The molecule has 1 heterocycles. The Morgan fingerprint density at radius 1 is 0.964 bits per heavy atom. The number of amides is 1. The molecule has 4 nitrogen and oxygen atoms in total. The number of rotatable bonds is 5. The van der Waals surface area contributed by atoms with E-state index >= 15 is 0 Å². The molecule has 28 heavy (non-hydrogen) atoms. The predicted molar refractivity (Wildman–Crippen MR) is 116 cm³/mol. The van der Waals surface area contributed by atoms with Gasteiger partial charge in [0.15, 0.2) is 0 Å². The summed E-state index contributed by atoms with van der Waals surface area (Å²) >= 11 is 6.57. The van der Waals surface area contributed by atoms with Gasteiger partial charge >= 0.3 is 0 Å². The van der Waals surface area contributed by atoms with Crippen molar-refractivity contribution in [2.75, 3.05) is 5.32 Å². The molecule has 1 amide bonds. The molecule has 0 radical (unpaired) electrons. The molecule has 0 aliphatic rings. The average molecular weight is 396 g/mol. The van der Waals surface area contributed by atoms with E-state index in [0.717, 1.165) is 22.5 Å². The van der Waals surface area contributed by atoms with Crippen LogP contribution in [0.4, 0.5) is 5.69 Å². The molecule has 3 aromatic rings. The molecule has 146 valence electrons. The van der Waals surface area contributed by atoms with Crippen LogP contribution in [0.3, 0.4) is 0 Å². The monoisotopic (exact) mass is 395 g/mol. The van der Waals surface area contributed by atoms with Gasteiger partial charge in [-0.05, 0) is 42.0 Å². The van der Waals surface area contributed by atoms with Crippen molar-refractivity contribution >= 4 is 23.2 Å². The van der Waals surface area contributed by atoms with Crippen LogP contribution in [0, 0.1) is 6.92 Å². The highest BCUT2D eigenvalue weighted by atomic mass is 35.5. The van der Waals surface area contributed by atoms with Crippen molar-refractivity contribution in [3.8, 4) is 5.69 Å². The lowest BCUT2D eigenvalue weighted by Gasteiger charge is -2.20. The van der Waals surface area contributed by atoms with E-state index in [1.807, 2.05) is 36.4 Å². The fourth-order valence-corrected chi connectivity index (χ4v) is 3.73. The van der Waals surface area contributed by atoms with Crippen molar-refractivity contribution in [3.05, 3.63) is 76.1 Å². The third-order valence-electron chi connectivity index (χ3n) is 4.84. The van der Waals surface area contributed by atoms with Crippen LogP contribution in [-0.4, -0.2) is 15.7 Å². The van der Waals surface area contributed by atoms with E-state index in [9.17, 15) is 4.79 Å². The Bertz CT molecular complexity index is 964. The third-order valence-corrected chi connectivity index (χ3v) is 5.19. The maximum Gasteiger partial charge on any atom is 0.260 e. The first-order valence-corrected chi connectivity index (χ1v) is 9.93. The first-order valence-electron chi connectivity index (χ1n) is 9.56. The number of anilines is 1. The molecule has 5 heteroatoms. The van der Waals surface area contributed by atoms with Crippen LogP contribution < -0.4 is 5.32 Å². The van der Waals surface area contributed by atoms with E-state index in [0.29, 0.717) is 16.4 Å². The molecule has 1 N–H and O–H groups in total. The maximum atomic E-state index is 13.2. The summed E-state index contributed by atoms with van der Waals surface area (Å²) in [6, 6.07) is 15.7. The van der Waals surface area contributed by atoms with Crippen LogP contribution in [0.25, 0.3) is 5.69 Å². The number of carbonyl (C=O) groups excluding carboxylic acids is 1. The summed E-state index contributed by atoms with van der Waals surface area (Å²) in [5.74, 6) is 0.343. The Kier molecular flexibility index (Phi) is 5.90. The van der Waals surface area contributed by atoms with Gasteiger partial charge in [-0.1, -0.05) is 75.7 Å². The van der Waals surface area contributed by atoms with E-state index in [1.165, 1.54) is 0 Å². The van der Waals surface area contributed by atoms with Crippen molar-refractivity contribution in [3.63, 3.8) is 0 Å². The van der Waals surface area contributed by atoms with Crippen LogP contribution >= 0.6 is 11.6 Å². The van der Waals surface area contributed by atoms with Gasteiger partial charge in [-0.25, -0.2) is 4.68 Å². The lowest BCUT2D eigenvalue weighted by Crippen LogP contribution is -2.17. The second-order valence-corrected chi connectivity index (χ2v) is 7.93. The summed E-state index contributed by atoms with van der Waals surface area (Å²) in [5.41, 5.74) is 4.92. The number of hydrogen-bond donors (Lipinski definition) is 1. The minimum absolute atomic E-state index is 0.236. The number of hydrogen-bond acceptors (Lipinski definition) is 2. The number of para-hydroxylation sites is 2. The Hall–Kier alpha value is -2.59. The lowest BCUT2D eigenvalue weighted by molar-refractivity contribution is 0.102. The molecule has 0 spiro atoms. The number of nitrogens with zero attached hydrogens (tertiary/aromatic N) is 2. The first kappa shape index (κ1) is 20.2. The summed E-state index contributed by atoms with van der Waals surface area (Å²) in [5, 5.41) is 7.92. The van der Waals surface area contributed by atoms with Crippen molar-refractivity contribution in [2.24, 2.45) is 0 Å². The molecule has 0 aliphatic heterocycles. The highest BCUT2D eigenvalue weighted by molar-refractivity contribution is 6.34. The molecular formula is C23H26ClN3O. The Balaban J connectivity index is 2.03. The minimum atomic E-state index is -0.236. The fourth-order valence-electron chi connectivity index (χ4n) is 3.37. The van der Waals surface area contributed by atoms with Gasteiger partial charge in [-0.2, -0.15) is 5.10 Å². The van der Waals surface area contributed by atoms with E-state index < -0.39 is 0 Å². The summed E-state index contributed by atoms with van der Waals surface area (Å²) in [6.45, 7) is 10.3. The van der Waals surface area contributed by atoms with E-state index in [4.69, 9.17) is 11.6 Å². The van der Waals surface area contributed by atoms with Crippen LogP contribution in [0.1, 0.15) is 66.7 Å². The molecular weight excluding hydrogens is 370 g/mol. The SMILES string of the molecule is Cc1nn(-c2ccccc2)c(Cl)c1C(=O)Nc1c(C(C)C)cccc1C(C)C. The van der Waals surface area contributed by atoms with E-state index in [1.54, 1.807) is 11.6 Å². The number of halogens is 1. The Morgan fingerprint density at radius 3 is 2.07 bits per heavy atom. The summed E-state index contributed by atoms with van der Waals surface area (Å²) in [7, 11) is 0. The molecule has 0 atom stereocenters. The summed E-state index contributed by atoms with van der Waals surface area (Å²) in [6.07, 6.45) is 0. The standard InChI is InChI=1S/C23H26ClN3O/c1-14(2)18-12-9-13-19(15(3)4)21(18)25-23(28)20-16(5)26-27(22(20)24)17-10-7-6-8-11-17/h6-15H,1-5H3,(H,25,28). The molecule has 0 aliphatic carbocycles. The predicted octanol–water partition coefficient (Wildman–Crippen LogP) is 6.33. The van der Waals surface area contributed by atoms with Gasteiger partial charge in [0.05, 0.1) is 11.4 Å². The average Bonchev–Trinajstić information content (AvgIpc) is 2.96. The number of nitrogens with one attached hydrogen (secondary N) is 1. The minimum Gasteiger partial charge on any atom is -0.321 e. The second-order valence-electron chi connectivity index (χ2n) is 7.57. The lowest BCUT2D eigenvalue weighted by atomic mass is 9.92. The van der Waals surface area contributed by atoms with Gasteiger partial charge in [-0.3, -0.25) is 4.79 Å². The summed E-state index contributed by atoms with van der Waals surface area (Å²) < 4.78 is 1.60. The maximum absolute atomic E-state index is 13.2. The van der Waals surface area contributed by atoms with E-state index in [-0.39, 0.29) is 17.7 Å². The molecule has 3 rings (SSSR count). The van der Waals surface area contributed by atoms with Crippen molar-refractivity contribution < 1.29 is 4.79 Å². The van der Waals surface area contributed by atoms with Crippen molar-refractivity contribution in [2.45, 2.75) is 46.5 Å². The smallest absolute Gasteiger partial charge is 0.260 e. The summed E-state index contributed by atoms with van der Waals surface area (Å²) in [4.78, 5) is 13.2. The fraction of sp³-hybridized carbons (Fsp3) is 0.304.